The molecule has 32 heavy (non-hydrogen) atoms. The van der Waals surface area contributed by atoms with E-state index in [1.807, 2.05) is 24.3 Å². The van der Waals surface area contributed by atoms with Crippen LogP contribution in [-0.4, -0.2) is 24.1 Å². The Kier molecular flexibility index (Phi) is 6.34. The summed E-state index contributed by atoms with van der Waals surface area (Å²) in [5.74, 6) is -0.0140. The Morgan fingerprint density at radius 1 is 1.16 bits per heavy atom. The van der Waals surface area contributed by atoms with E-state index in [9.17, 15) is 9.59 Å². The van der Waals surface area contributed by atoms with Crippen molar-refractivity contribution in [2.45, 2.75) is 13.3 Å². The van der Waals surface area contributed by atoms with E-state index in [1.165, 1.54) is 23.3 Å². The fourth-order valence-corrected chi connectivity index (χ4v) is 4.15. The van der Waals surface area contributed by atoms with E-state index in [0.717, 1.165) is 17.7 Å². The summed E-state index contributed by atoms with van der Waals surface area (Å²) in [7, 11) is 1.49. The highest BCUT2D eigenvalue weighted by Crippen LogP contribution is 2.31. The topological polar surface area (TPSA) is 67.9 Å². The second-order valence-corrected chi connectivity index (χ2v) is 8.26. The molecule has 0 bridgehead atoms. The Labute approximate surface area is 195 Å². The zero-order chi connectivity index (χ0) is 22.7. The Bertz CT molecular complexity index is 1220. The highest BCUT2D eigenvalue weighted by atomic mass is 32.1. The van der Waals surface area contributed by atoms with Crippen molar-refractivity contribution >= 4 is 52.3 Å². The van der Waals surface area contributed by atoms with Gasteiger partial charge in [0.1, 0.15) is 10.6 Å². The third-order valence-corrected chi connectivity index (χ3v) is 6.01. The SMILES string of the molecule is CCc1cccc(N2C(=O)/C(=C\c3ccc(OC(=O)c4cccs4)c(OC)c3)NC2=S)c1. The number of amides is 1. The Balaban J connectivity index is 1.57. The van der Waals surface area contributed by atoms with Gasteiger partial charge in [0.2, 0.25) is 0 Å². The molecule has 2 aromatic carbocycles. The van der Waals surface area contributed by atoms with Crippen molar-refractivity contribution in [1.82, 2.24) is 5.32 Å². The third-order valence-electron chi connectivity index (χ3n) is 4.88. The standard InChI is InChI=1S/C24H20N2O4S2/c1-3-15-6-4-7-17(12-15)26-22(27)18(25-24(26)31)13-16-9-10-19(20(14-16)29-2)30-23(28)21-8-5-11-32-21/h4-14H,3H2,1-2H3,(H,25,31)/b18-13+. The highest BCUT2D eigenvalue weighted by Gasteiger charge is 2.32. The summed E-state index contributed by atoms with van der Waals surface area (Å²) in [6.45, 7) is 2.06. The third kappa shape index (κ3) is 4.42. The number of aryl methyl sites for hydroxylation is 1. The van der Waals surface area contributed by atoms with E-state index in [1.54, 1.807) is 41.8 Å². The second-order valence-electron chi connectivity index (χ2n) is 6.93. The molecule has 8 heteroatoms. The van der Waals surface area contributed by atoms with E-state index in [4.69, 9.17) is 21.7 Å². The Morgan fingerprint density at radius 3 is 2.72 bits per heavy atom. The molecule has 1 N–H and O–H groups in total. The van der Waals surface area contributed by atoms with Gasteiger partial charge in [0.15, 0.2) is 16.6 Å². The first-order valence-electron chi connectivity index (χ1n) is 9.90. The van der Waals surface area contributed by atoms with Crippen LogP contribution in [0.3, 0.4) is 0 Å². The average Bonchev–Trinajstić information content (AvgIpc) is 3.43. The lowest BCUT2D eigenvalue weighted by Crippen LogP contribution is -2.30. The first-order chi connectivity index (χ1) is 15.5. The number of methoxy groups -OCH3 is 1. The molecule has 1 saturated heterocycles. The van der Waals surface area contributed by atoms with Crippen LogP contribution < -0.4 is 19.7 Å². The highest BCUT2D eigenvalue weighted by molar-refractivity contribution is 7.80. The monoisotopic (exact) mass is 464 g/mol. The molecular formula is C24H20N2O4S2. The van der Waals surface area contributed by atoms with Crippen molar-refractivity contribution in [3.05, 3.63) is 81.7 Å². The molecule has 1 aromatic heterocycles. The van der Waals surface area contributed by atoms with E-state index in [2.05, 4.69) is 12.2 Å². The van der Waals surface area contributed by atoms with Gasteiger partial charge in [0, 0.05) is 0 Å². The summed E-state index contributed by atoms with van der Waals surface area (Å²) >= 11 is 6.70. The molecule has 0 saturated carbocycles. The van der Waals surface area contributed by atoms with Crippen LogP contribution in [0.15, 0.2) is 65.7 Å². The lowest BCUT2D eigenvalue weighted by molar-refractivity contribution is -0.113. The molecule has 0 unspecified atom stereocenters. The van der Waals surface area contributed by atoms with E-state index in [-0.39, 0.29) is 5.91 Å². The molecule has 4 rings (SSSR count). The number of esters is 1. The maximum absolute atomic E-state index is 13.0. The maximum atomic E-state index is 13.0. The van der Waals surface area contributed by atoms with E-state index >= 15 is 0 Å². The van der Waals surface area contributed by atoms with Crippen LogP contribution in [0.5, 0.6) is 11.5 Å². The molecule has 1 aliphatic heterocycles. The van der Waals surface area contributed by atoms with Gasteiger partial charge in [-0.3, -0.25) is 9.69 Å². The van der Waals surface area contributed by atoms with Gasteiger partial charge in [-0.05, 0) is 71.6 Å². The van der Waals surface area contributed by atoms with Gasteiger partial charge < -0.3 is 14.8 Å². The van der Waals surface area contributed by atoms with Gasteiger partial charge >= 0.3 is 5.97 Å². The molecule has 6 nitrogen and oxygen atoms in total. The minimum Gasteiger partial charge on any atom is -0.493 e. The first-order valence-corrected chi connectivity index (χ1v) is 11.2. The minimum atomic E-state index is -0.452. The number of hydrogen-bond acceptors (Lipinski definition) is 6. The van der Waals surface area contributed by atoms with Crippen molar-refractivity contribution in [3.8, 4) is 11.5 Å². The van der Waals surface area contributed by atoms with Crippen LogP contribution in [0, 0.1) is 0 Å². The molecule has 0 spiro atoms. The van der Waals surface area contributed by atoms with Crippen LogP contribution in [-0.2, 0) is 11.2 Å². The summed E-state index contributed by atoms with van der Waals surface area (Å²) in [6.07, 6.45) is 2.55. The number of nitrogens with one attached hydrogen (secondary N) is 1. The lowest BCUT2D eigenvalue weighted by atomic mass is 10.1. The molecule has 0 radical (unpaired) electrons. The number of carbonyl (C=O) groups is 2. The number of hydrogen-bond donors (Lipinski definition) is 1. The van der Waals surface area contributed by atoms with E-state index in [0.29, 0.717) is 32.7 Å². The fraction of sp³-hybridized carbons (Fsp3) is 0.125. The van der Waals surface area contributed by atoms with Crippen LogP contribution in [0.1, 0.15) is 27.7 Å². The molecular weight excluding hydrogens is 444 g/mol. The summed E-state index contributed by atoms with van der Waals surface area (Å²) in [5, 5.41) is 5.11. The van der Waals surface area contributed by atoms with Gasteiger partial charge in [-0.15, -0.1) is 11.3 Å². The van der Waals surface area contributed by atoms with E-state index < -0.39 is 5.97 Å². The number of thiocarbonyl (C=S) groups is 1. The van der Waals surface area contributed by atoms with Gasteiger partial charge in [0.05, 0.1) is 12.8 Å². The molecule has 3 aromatic rings. The summed E-state index contributed by atoms with van der Waals surface area (Å²) in [6, 6.07) is 16.3. The number of nitrogens with zero attached hydrogens (tertiary/aromatic N) is 1. The molecule has 1 amide bonds. The summed E-state index contributed by atoms with van der Waals surface area (Å²) < 4.78 is 10.8. The van der Waals surface area contributed by atoms with Gasteiger partial charge in [0.25, 0.3) is 5.91 Å². The molecule has 162 valence electrons. The zero-order valence-corrected chi connectivity index (χ0v) is 19.1. The van der Waals surface area contributed by atoms with Crippen molar-refractivity contribution in [2.75, 3.05) is 12.0 Å². The van der Waals surface area contributed by atoms with Crippen molar-refractivity contribution < 1.29 is 19.1 Å². The Morgan fingerprint density at radius 2 is 2.00 bits per heavy atom. The summed E-state index contributed by atoms with van der Waals surface area (Å²) in [4.78, 5) is 27.3. The minimum absolute atomic E-state index is 0.240. The predicted octanol–water partition coefficient (Wildman–Crippen LogP) is 4.80. The molecule has 0 atom stereocenters. The largest absolute Gasteiger partial charge is 0.493 e. The van der Waals surface area contributed by atoms with Crippen LogP contribution in [0.4, 0.5) is 5.69 Å². The number of carbonyl (C=O) groups excluding carboxylic acids is 2. The predicted molar refractivity (Wildman–Crippen MR) is 129 cm³/mol. The molecule has 1 fully saturated rings. The number of rotatable bonds is 6. The van der Waals surface area contributed by atoms with Crippen LogP contribution in [0.2, 0.25) is 0 Å². The fourth-order valence-electron chi connectivity index (χ4n) is 3.25. The normalized spacial score (nSPS) is 14.6. The first kappa shape index (κ1) is 21.7. The van der Waals surface area contributed by atoms with Crippen LogP contribution in [0.25, 0.3) is 6.08 Å². The van der Waals surface area contributed by atoms with Gasteiger partial charge in [-0.2, -0.15) is 0 Å². The number of benzene rings is 2. The average molecular weight is 465 g/mol. The second kappa shape index (κ2) is 9.33. The van der Waals surface area contributed by atoms with Crippen molar-refractivity contribution in [1.29, 1.82) is 0 Å². The van der Waals surface area contributed by atoms with Crippen LogP contribution >= 0.6 is 23.6 Å². The quantitative estimate of drug-likeness (QED) is 0.245. The van der Waals surface area contributed by atoms with Gasteiger partial charge in [-0.1, -0.05) is 31.2 Å². The molecule has 2 heterocycles. The number of ether oxygens (including phenoxy) is 2. The van der Waals surface area contributed by atoms with Crippen molar-refractivity contribution in [3.63, 3.8) is 0 Å². The maximum Gasteiger partial charge on any atom is 0.353 e. The zero-order valence-electron chi connectivity index (χ0n) is 17.5. The Hall–Kier alpha value is -3.49. The van der Waals surface area contributed by atoms with Crippen molar-refractivity contribution in [2.24, 2.45) is 0 Å². The summed E-state index contributed by atoms with van der Waals surface area (Å²) in [5.41, 5.74) is 2.89. The number of anilines is 1. The smallest absolute Gasteiger partial charge is 0.353 e. The van der Waals surface area contributed by atoms with Gasteiger partial charge in [-0.25, -0.2) is 4.79 Å². The molecule has 1 aliphatic rings. The molecule has 0 aliphatic carbocycles. The lowest BCUT2D eigenvalue weighted by Gasteiger charge is -2.14. The number of thiophene rings is 1.